The quantitative estimate of drug-likeness (QED) is 0.745. The Labute approximate surface area is 140 Å². The maximum atomic E-state index is 12.6. The lowest BCUT2D eigenvalue weighted by Gasteiger charge is -2.30. The average molecular weight is 320 g/mol. The monoisotopic (exact) mass is 320 g/mol. The Morgan fingerprint density at radius 2 is 1.74 bits per heavy atom. The van der Waals surface area contributed by atoms with Crippen LogP contribution < -0.4 is 11.1 Å². The minimum absolute atomic E-state index is 0.105. The van der Waals surface area contributed by atoms with Gasteiger partial charge in [-0.05, 0) is 42.3 Å². The SMILES string of the molecule is Cc1c(C(=O)NCCCN)cc(C(C)(C)C)c(O)c1C(C)(C)C. The van der Waals surface area contributed by atoms with E-state index in [1.807, 2.05) is 33.8 Å². The van der Waals surface area contributed by atoms with Crippen LogP contribution in [0, 0.1) is 6.92 Å². The number of phenols is 1. The minimum Gasteiger partial charge on any atom is -0.507 e. The normalized spacial score (nSPS) is 12.3. The van der Waals surface area contributed by atoms with Crippen LogP contribution >= 0.6 is 0 Å². The number of aromatic hydroxyl groups is 1. The second kappa shape index (κ2) is 6.91. The van der Waals surface area contributed by atoms with Gasteiger partial charge in [0.25, 0.3) is 5.91 Å². The molecule has 0 heterocycles. The number of nitrogens with one attached hydrogen (secondary N) is 1. The van der Waals surface area contributed by atoms with Crippen molar-refractivity contribution in [2.24, 2.45) is 5.73 Å². The Kier molecular flexibility index (Phi) is 5.86. The highest BCUT2D eigenvalue weighted by Gasteiger charge is 2.30. The van der Waals surface area contributed by atoms with Crippen LogP contribution in [0.1, 0.15) is 75.0 Å². The maximum absolute atomic E-state index is 12.6. The van der Waals surface area contributed by atoms with Crippen LogP contribution in [0.15, 0.2) is 6.07 Å². The summed E-state index contributed by atoms with van der Waals surface area (Å²) in [6, 6.07) is 1.83. The summed E-state index contributed by atoms with van der Waals surface area (Å²) in [5.41, 5.74) is 8.11. The van der Waals surface area contributed by atoms with Crippen LogP contribution in [0.25, 0.3) is 0 Å². The van der Waals surface area contributed by atoms with Crippen molar-refractivity contribution in [3.8, 4) is 5.75 Å². The molecule has 1 rings (SSSR count). The Balaban J connectivity index is 3.50. The van der Waals surface area contributed by atoms with Gasteiger partial charge in [0.2, 0.25) is 0 Å². The summed E-state index contributed by atoms with van der Waals surface area (Å²) in [4.78, 5) is 12.6. The van der Waals surface area contributed by atoms with Crippen LogP contribution in [-0.2, 0) is 10.8 Å². The van der Waals surface area contributed by atoms with E-state index in [4.69, 9.17) is 5.73 Å². The Morgan fingerprint density at radius 3 is 2.17 bits per heavy atom. The molecule has 1 aromatic rings. The zero-order chi connectivity index (χ0) is 18.0. The van der Waals surface area contributed by atoms with Crippen LogP contribution in [0.3, 0.4) is 0 Å². The molecule has 0 aliphatic carbocycles. The van der Waals surface area contributed by atoms with E-state index in [1.165, 1.54) is 0 Å². The number of amides is 1. The van der Waals surface area contributed by atoms with E-state index >= 15 is 0 Å². The Morgan fingerprint density at radius 1 is 1.17 bits per heavy atom. The topological polar surface area (TPSA) is 75.4 Å². The first-order chi connectivity index (χ1) is 10.4. The van der Waals surface area contributed by atoms with Crippen molar-refractivity contribution in [3.63, 3.8) is 0 Å². The lowest BCUT2D eigenvalue weighted by Crippen LogP contribution is -2.29. The summed E-state index contributed by atoms with van der Waals surface area (Å²) >= 11 is 0. The van der Waals surface area contributed by atoms with E-state index < -0.39 is 0 Å². The maximum Gasteiger partial charge on any atom is 0.251 e. The standard InChI is InChI=1S/C19H32N2O2/c1-12-13(17(23)21-10-8-9-20)11-14(18(2,3)4)16(22)15(12)19(5,6)7/h11,22H,8-10,20H2,1-7H3,(H,21,23). The zero-order valence-corrected chi connectivity index (χ0v) is 15.6. The van der Waals surface area contributed by atoms with Gasteiger partial charge in [0.05, 0.1) is 0 Å². The second-order valence-electron chi connectivity index (χ2n) is 8.22. The van der Waals surface area contributed by atoms with Crippen molar-refractivity contribution in [3.05, 3.63) is 28.3 Å². The predicted molar refractivity (Wildman–Crippen MR) is 96.2 cm³/mol. The summed E-state index contributed by atoms with van der Waals surface area (Å²) in [5.74, 6) is 0.202. The van der Waals surface area contributed by atoms with Crippen molar-refractivity contribution >= 4 is 5.91 Å². The molecule has 0 spiro atoms. The first-order valence-electron chi connectivity index (χ1n) is 8.27. The summed E-state index contributed by atoms with van der Waals surface area (Å²) in [6.07, 6.45) is 0.751. The van der Waals surface area contributed by atoms with Crippen LogP contribution in [0.2, 0.25) is 0 Å². The molecule has 0 unspecified atom stereocenters. The highest BCUT2D eigenvalue weighted by atomic mass is 16.3. The number of nitrogens with two attached hydrogens (primary N) is 1. The zero-order valence-electron chi connectivity index (χ0n) is 15.6. The molecular weight excluding hydrogens is 288 g/mol. The highest BCUT2D eigenvalue weighted by molar-refractivity contribution is 5.96. The van der Waals surface area contributed by atoms with Crippen LogP contribution in [0.5, 0.6) is 5.75 Å². The average Bonchev–Trinajstić information content (AvgIpc) is 2.35. The molecule has 0 atom stereocenters. The number of rotatable bonds is 4. The first kappa shape index (κ1) is 19.5. The van der Waals surface area contributed by atoms with Crippen molar-refractivity contribution < 1.29 is 9.90 Å². The highest BCUT2D eigenvalue weighted by Crippen LogP contribution is 2.42. The smallest absolute Gasteiger partial charge is 0.251 e. The predicted octanol–water partition coefficient (Wildman–Crippen LogP) is 3.37. The lowest BCUT2D eigenvalue weighted by molar-refractivity contribution is 0.0952. The summed E-state index contributed by atoms with van der Waals surface area (Å²) in [5, 5.41) is 13.7. The molecule has 0 aliphatic rings. The summed E-state index contributed by atoms with van der Waals surface area (Å²) in [6.45, 7) is 15.3. The minimum atomic E-state index is -0.248. The van der Waals surface area contributed by atoms with Crippen molar-refractivity contribution in [1.82, 2.24) is 5.32 Å². The molecule has 0 saturated heterocycles. The van der Waals surface area contributed by atoms with Crippen LogP contribution in [-0.4, -0.2) is 24.1 Å². The number of carbonyl (C=O) groups excluding carboxylic acids is 1. The molecule has 0 aliphatic heterocycles. The van der Waals surface area contributed by atoms with E-state index in [-0.39, 0.29) is 16.7 Å². The van der Waals surface area contributed by atoms with E-state index in [1.54, 1.807) is 0 Å². The molecule has 0 fully saturated rings. The molecule has 4 N–H and O–H groups in total. The molecule has 0 aromatic heterocycles. The van der Waals surface area contributed by atoms with Gasteiger partial charge in [-0.1, -0.05) is 41.5 Å². The van der Waals surface area contributed by atoms with Gasteiger partial charge in [-0.3, -0.25) is 4.79 Å². The molecular formula is C19H32N2O2. The van der Waals surface area contributed by atoms with Crippen molar-refractivity contribution in [2.45, 2.75) is 65.7 Å². The lowest BCUT2D eigenvalue weighted by atomic mass is 9.76. The number of phenolic OH excluding ortho intramolecular Hbond substituents is 1. The van der Waals surface area contributed by atoms with Crippen molar-refractivity contribution in [2.75, 3.05) is 13.1 Å². The molecule has 4 heteroatoms. The van der Waals surface area contributed by atoms with Gasteiger partial charge in [-0.2, -0.15) is 0 Å². The van der Waals surface area contributed by atoms with Gasteiger partial charge < -0.3 is 16.2 Å². The van der Waals surface area contributed by atoms with Gasteiger partial charge in [0.1, 0.15) is 5.75 Å². The third-order valence-corrected chi connectivity index (χ3v) is 4.03. The van der Waals surface area contributed by atoms with Gasteiger partial charge in [0, 0.05) is 23.2 Å². The van der Waals surface area contributed by atoms with E-state index in [2.05, 4.69) is 26.1 Å². The third kappa shape index (κ3) is 4.47. The number of hydrogen-bond donors (Lipinski definition) is 3. The molecule has 1 amide bonds. The Hall–Kier alpha value is -1.55. The summed E-state index contributed by atoms with van der Waals surface area (Å²) < 4.78 is 0. The molecule has 130 valence electrons. The van der Waals surface area contributed by atoms with E-state index in [0.717, 1.165) is 23.1 Å². The largest absolute Gasteiger partial charge is 0.507 e. The van der Waals surface area contributed by atoms with Crippen LogP contribution in [0.4, 0.5) is 0 Å². The van der Waals surface area contributed by atoms with E-state index in [9.17, 15) is 9.90 Å². The Bertz CT molecular complexity index is 579. The molecule has 4 nitrogen and oxygen atoms in total. The van der Waals surface area contributed by atoms with Gasteiger partial charge in [-0.15, -0.1) is 0 Å². The second-order valence-corrected chi connectivity index (χ2v) is 8.22. The molecule has 23 heavy (non-hydrogen) atoms. The number of benzene rings is 1. The molecule has 0 saturated carbocycles. The fourth-order valence-corrected chi connectivity index (χ4v) is 2.89. The molecule has 1 aromatic carbocycles. The molecule has 0 bridgehead atoms. The van der Waals surface area contributed by atoms with Crippen molar-refractivity contribution in [1.29, 1.82) is 0 Å². The van der Waals surface area contributed by atoms with E-state index in [0.29, 0.717) is 24.4 Å². The molecule has 0 radical (unpaired) electrons. The van der Waals surface area contributed by atoms with Gasteiger partial charge >= 0.3 is 0 Å². The first-order valence-corrected chi connectivity index (χ1v) is 8.27. The number of hydrogen-bond acceptors (Lipinski definition) is 3. The summed E-state index contributed by atoms with van der Waals surface area (Å²) in [7, 11) is 0. The third-order valence-electron chi connectivity index (χ3n) is 4.03. The van der Waals surface area contributed by atoms with Gasteiger partial charge in [0.15, 0.2) is 0 Å². The number of carbonyl (C=O) groups is 1. The van der Waals surface area contributed by atoms with Gasteiger partial charge in [-0.25, -0.2) is 0 Å². The fraction of sp³-hybridized carbons (Fsp3) is 0.632. The fourth-order valence-electron chi connectivity index (χ4n) is 2.89.